The normalized spacial score (nSPS) is 26.0. The van der Waals surface area contributed by atoms with Crippen LogP contribution < -0.4 is 0 Å². The lowest BCUT2D eigenvalue weighted by Crippen LogP contribution is -1.91. The van der Waals surface area contributed by atoms with Crippen molar-refractivity contribution in [2.45, 2.75) is 13.8 Å². The zero-order chi connectivity index (χ0) is 9.26. The highest BCUT2D eigenvalue weighted by Gasteiger charge is 2.02. The first-order valence-electron chi connectivity index (χ1n) is 4.06. The highest BCUT2D eigenvalue weighted by Crippen LogP contribution is 2.15. The molecule has 0 aromatic carbocycles. The lowest BCUT2D eigenvalue weighted by atomic mass is 10.1. The maximum atomic E-state index is 4.14. The Morgan fingerprint density at radius 3 is 2.92 bits per heavy atom. The molecule has 13 heavy (non-hydrogen) atoms. The Labute approximate surface area is 76.3 Å². The molecule has 1 aromatic heterocycles. The third kappa shape index (κ3) is 1.42. The summed E-state index contributed by atoms with van der Waals surface area (Å²) >= 11 is 0. The van der Waals surface area contributed by atoms with Crippen molar-refractivity contribution in [1.82, 2.24) is 14.8 Å². The first kappa shape index (κ1) is 7.91. The molecule has 66 valence electrons. The maximum Gasteiger partial charge on any atom is 0.254 e. The minimum atomic E-state index is 0.614. The molecule has 0 aliphatic carbocycles. The molecule has 1 aliphatic rings. The highest BCUT2D eigenvalue weighted by molar-refractivity contribution is 5.77. The van der Waals surface area contributed by atoms with Gasteiger partial charge in [-0.3, -0.25) is 4.57 Å². The van der Waals surface area contributed by atoms with Crippen LogP contribution in [0.25, 0.3) is 6.20 Å². The first-order chi connectivity index (χ1) is 6.27. The van der Waals surface area contributed by atoms with Gasteiger partial charge in [0.05, 0.1) is 0 Å². The molecule has 0 fully saturated rings. The Kier molecular flexibility index (Phi) is 1.81. The second-order valence-corrected chi connectivity index (χ2v) is 2.98. The summed E-state index contributed by atoms with van der Waals surface area (Å²) in [6, 6.07) is 0. The Morgan fingerprint density at radius 2 is 2.08 bits per heavy atom. The molecule has 0 bridgehead atoms. The van der Waals surface area contributed by atoms with Gasteiger partial charge < -0.3 is 0 Å². The summed E-state index contributed by atoms with van der Waals surface area (Å²) in [6.45, 7) is 4.10. The average Bonchev–Trinajstić information content (AvgIpc) is 2.50. The zero-order valence-electron chi connectivity index (χ0n) is 7.60. The number of rotatable bonds is 0. The third-order valence-corrected chi connectivity index (χ3v) is 2.02. The van der Waals surface area contributed by atoms with Crippen LogP contribution in [0, 0.1) is 0 Å². The van der Waals surface area contributed by atoms with Gasteiger partial charge in [-0.15, -0.1) is 10.2 Å². The van der Waals surface area contributed by atoms with Crippen molar-refractivity contribution in [3.63, 3.8) is 0 Å². The fourth-order valence-electron chi connectivity index (χ4n) is 1.08. The Morgan fingerprint density at radius 1 is 1.23 bits per heavy atom. The van der Waals surface area contributed by atoms with E-state index in [2.05, 4.69) is 22.1 Å². The molecule has 0 amide bonds. The van der Waals surface area contributed by atoms with Crippen LogP contribution in [0.15, 0.2) is 28.5 Å². The van der Waals surface area contributed by atoms with Crippen molar-refractivity contribution >= 4 is 18.4 Å². The summed E-state index contributed by atoms with van der Waals surface area (Å²) < 4.78 is 1.81. The topological polar surface area (TPSA) is 43.1 Å². The van der Waals surface area contributed by atoms with Crippen LogP contribution in [0.2, 0.25) is 0 Å². The van der Waals surface area contributed by atoms with Gasteiger partial charge in [-0.25, -0.2) is 4.99 Å². The monoisotopic (exact) mass is 174 g/mol. The summed E-state index contributed by atoms with van der Waals surface area (Å²) in [5.41, 5.74) is 2.38. The second kappa shape index (κ2) is 2.97. The average molecular weight is 174 g/mol. The predicted molar refractivity (Wildman–Crippen MR) is 51.9 cm³/mol. The number of nitrogens with zero attached hydrogens (tertiary/aromatic N) is 4. The molecule has 0 radical (unpaired) electrons. The second-order valence-electron chi connectivity index (χ2n) is 2.98. The fraction of sp³-hybridized carbons (Fsp3) is 0.222. The van der Waals surface area contributed by atoms with Gasteiger partial charge in [0, 0.05) is 12.4 Å². The minimum Gasteiger partial charge on any atom is -0.273 e. The van der Waals surface area contributed by atoms with Crippen molar-refractivity contribution in [3.05, 3.63) is 23.5 Å². The largest absolute Gasteiger partial charge is 0.273 e. The van der Waals surface area contributed by atoms with Gasteiger partial charge in [0.1, 0.15) is 6.33 Å². The van der Waals surface area contributed by atoms with Gasteiger partial charge in [0.15, 0.2) is 0 Å². The lowest BCUT2D eigenvalue weighted by Gasteiger charge is -2.03. The third-order valence-electron chi connectivity index (χ3n) is 2.02. The molecule has 1 aromatic rings. The van der Waals surface area contributed by atoms with Crippen LogP contribution in [-0.2, 0) is 0 Å². The number of aromatic nitrogens is 3. The summed E-state index contributed by atoms with van der Waals surface area (Å²) in [5, 5.41) is 7.64. The fourth-order valence-corrected chi connectivity index (χ4v) is 1.08. The summed E-state index contributed by atoms with van der Waals surface area (Å²) in [6.07, 6.45) is 7.32. The van der Waals surface area contributed by atoms with Crippen LogP contribution in [-0.4, -0.2) is 21.0 Å². The molecule has 0 saturated carbocycles. The standard InChI is InChI=1S/C9H10N4/c1-7-3-4-10-9-12-11-6-13(9)5-8(7)2/h3-6H,1-2H3/b7-3-,8-5+,10-4-. The van der Waals surface area contributed by atoms with E-state index in [0.717, 1.165) is 0 Å². The molecule has 2 rings (SSSR count). The van der Waals surface area contributed by atoms with Crippen molar-refractivity contribution < 1.29 is 0 Å². The van der Waals surface area contributed by atoms with Gasteiger partial charge in [-0.2, -0.15) is 0 Å². The van der Waals surface area contributed by atoms with Gasteiger partial charge >= 0.3 is 0 Å². The number of fused-ring (bicyclic) bond motifs is 1. The molecule has 4 heteroatoms. The van der Waals surface area contributed by atoms with Crippen molar-refractivity contribution in [2.24, 2.45) is 4.99 Å². The van der Waals surface area contributed by atoms with E-state index in [1.165, 1.54) is 11.1 Å². The maximum absolute atomic E-state index is 4.14. The molecule has 2 heterocycles. The van der Waals surface area contributed by atoms with Gasteiger partial charge in [-0.05, 0) is 31.1 Å². The van der Waals surface area contributed by atoms with Crippen LogP contribution in [0.3, 0.4) is 0 Å². The van der Waals surface area contributed by atoms with E-state index in [4.69, 9.17) is 0 Å². The van der Waals surface area contributed by atoms with Crippen LogP contribution in [0.4, 0.5) is 5.95 Å². The van der Waals surface area contributed by atoms with Gasteiger partial charge in [0.25, 0.3) is 5.95 Å². The molecule has 0 spiro atoms. The number of hydrogen-bond acceptors (Lipinski definition) is 3. The smallest absolute Gasteiger partial charge is 0.254 e. The van der Waals surface area contributed by atoms with Gasteiger partial charge in [0.2, 0.25) is 0 Å². The number of allylic oxidation sites excluding steroid dienone is 3. The SMILES string of the molecule is CC1=C/C=N\c2nncn2\C=C\1C. The van der Waals surface area contributed by atoms with Crippen molar-refractivity contribution in [1.29, 1.82) is 0 Å². The van der Waals surface area contributed by atoms with E-state index in [-0.39, 0.29) is 0 Å². The Balaban J connectivity index is 2.56. The van der Waals surface area contributed by atoms with E-state index in [9.17, 15) is 0 Å². The highest BCUT2D eigenvalue weighted by atomic mass is 15.3. The van der Waals surface area contributed by atoms with Crippen molar-refractivity contribution in [3.8, 4) is 0 Å². The Hall–Kier alpha value is -1.71. The number of aliphatic imine (C=N–C) groups is 1. The van der Waals surface area contributed by atoms with Gasteiger partial charge in [-0.1, -0.05) is 0 Å². The van der Waals surface area contributed by atoms with E-state index >= 15 is 0 Å². The number of hydrogen-bond donors (Lipinski definition) is 0. The first-order valence-corrected chi connectivity index (χ1v) is 4.06. The quantitative estimate of drug-likeness (QED) is 0.602. The molecular formula is C9H10N4. The van der Waals surface area contributed by atoms with E-state index in [1.54, 1.807) is 12.5 Å². The molecule has 1 aliphatic heterocycles. The zero-order valence-corrected chi connectivity index (χ0v) is 7.60. The summed E-state index contributed by atoms with van der Waals surface area (Å²) in [4.78, 5) is 4.14. The molecule has 0 unspecified atom stereocenters. The summed E-state index contributed by atoms with van der Waals surface area (Å²) in [7, 11) is 0. The molecule has 0 N–H and O–H groups in total. The predicted octanol–water partition coefficient (Wildman–Crippen LogP) is 1.80. The summed E-state index contributed by atoms with van der Waals surface area (Å²) in [5.74, 6) is 0.614. The minimum absolute atomic E-state index is 0.614. The Bertz CT molecular complexity index is 409. The lowest BCUT2D eigenvalue weighted by molar-refractivity contribution is 1.08. The van der Waals surface area contributed by atoms with Crippen molar-refractivity contribution in [2.75, 3.05) is 0 Å². The van der Waals surface area contributed by atoms with E-state index < -0.39 is 0 Å². The molecule has 0 saturated heterocycles. The van der Waals surface area contributed by atoms with Crippen LogP contribution in [0.1, 0.15) is 13.8 Å². The molecule has 0 atom stereocenters. The van der Waals surface area contributed by atoms with Crippen LogP contribution in [0.5, 0.6) is 0 Å². The van der Waals surface area contributed by atoms with E-state index in [0.29, 0.717) is 5.95 Å². The van der Waals surface area contributed by atoms with Crippen LogP contribution >= 0.6 is 0 Å². The molecule has 4 nitrogen and oxygen atoms in total. The molecular weight excluding hydrogens is 164 g/mol. The van der Waals surface area contributed by atoms with E-state index in [1.807, 2.05) is 23.8 Å².